The molecule has 2 rings (SSSR count). The molecule has 7 nitrogen and oxygen atoms in total. The summed E-state index contributed by atoms with van der Waals surface area (Å²) in [6.45, 7) is 2.02. The van der Waals surface area contributed by atoms with Crippen LogP contribution in [-0.2, 0) is 4.79 Å². The van der Waals surface area contributed by atoms with Gasteiger partial charge < -0.3 is 10.2 Å². The molecule has 1 heterocycles. The van der Waals surface area contributed by atoms with Gasteiger partial charge in [-0.2, -0.15) is 4.68 Å². The third-order valence-corrected chi connectivity index (χ3v) is 4.07. The van der Waals surface area contributed by atoms with E-state index in [-0.39, 0.29) is 5.75 Å². The number of phenolic OH excluding ortho intramolecular Hbond substituents is 1. The van der Waals surface area contributed by atoms with Crippen LogP contribution >= 0.6 is 11.8 Å². The normalized spacial score (nSPS) is 12.2. The Bertz CT molecular complexity index is 600. The summed E-state index contributed by atoms with van der Waals surface area (Å²) in [6, 6.07) is 6.38. The number of aromatic nitrogens is 4. The van der Waals surface area contributed by atoms with Crippen molar-refractivity contribution in [3.05, 3.63) is 24.3 Å². The highest BCUT2D eigenvalue weighted by Gasteiger charge is 2.22. The van der Waals surface area contributed by atoms with Gasteiger partial charge in [-0.25, -0.2) is 0 Å². The summed E-state index contributed by atoms with van der Waals surface area (Å²) in [6.07, 6.45) is 2.34. The maximum absolute atomic E-state index is 11.3. The highest BCUT2D eigenvalue weighted by atomic mass is 32.2. The number of aliphatic carboxylic acids is 1. The van der Waals surface area contributed by atoms with E-state index >= 15 is 0 Å². The molecule has 1 unspecified atom stereocenters. The molecule has 0 aliphatic rings. The first-order valence-electron chi connectivity index (χ1n) is 6.59. The van der Waals surface area contributed by atoms with Crippen LogP contribution in [-0.4, -0.2) is 41.6 Å². The third kappa shape index (κ3) is 3.94. The zero-order valence-electron chi connectivity index (χ0n) is 11.5. The molecule has 0 spiro atoms. The smallest absolute Gasteiger partial charge is 0.317 e. The number of carbonyl (C=O) groups is 1. The van der Waals surface area contributed by atoms with Crippen LogP contribution in [0.1, 0.15) is 26.2 Å². The first-order valence-corrected chi connectivity index (χ1v) is 7.47. The van der Waals surface area contributed by atoms with Gasteiger partial charge in [-0.05, 0) is 41.1 Å². The minimum Gasteiger partial charge on any atom is -0.508 e. The number of carboxylic acids is 1. The van der Waals surface area contributed by atoms with E-state index in [0.717, 1.165) is 24.6 Å². The van der Waals surface area contributed by atoms with Gasteiger partial charge in [0.25, 0.3) is 0 Å². The van der Waals surface area contributed by atoms with Crippen LogP contribution in [0.3, 0.4) is 0 Å². The molecule has 1 aromatic heterocycles. The van der Waals surface area contributed by atoms with Crippen molar-refractivity contribution in [2.45, 2.75) is 36.6 Å². The van der Waals surface area contributed by atoms with Crippen molar-refractivity contribution in [3.63, 3.8) is 0 Å². The monoisotopic (exact) mass is 308 g/mol. The molecule has 21 heavy (non-hydrogen) atoms. The van der Waals surface area contributed by atoms with Crippen LogP contribution < -0.4 is 0 Å². The highest BCUT2D eigenvalue weighted by Crippen LogP contribution is 2.26. The van der Waals surface area contributed by atoms with Crippen molar-refractivity contribution < 1.29 is 15.0 Å². The van der Waals surface area contributed by atoms with Crippen LogP contribution in [0.2, 0.25) is 0 Å². The number of benzene rings is 1. The SMILES string of the molecule is CCCCC(Sc1nnnn1-c1ccc(O)cc1)C(=O)O. The molecule has 1 aromatic carbocycles. The van der Waals surface area contributed by atoms with Crippen molar-refractivity contribution in [1.29, 1.82) is 0 Å². The lowest BCUT2D eigenvalue weighted by Gasteiger charge is -2.11. The Labute approximate surface area is 126 Å². The van der Waals surface area contributed by atoms with Crippen molar-refractivity contribution in [3.8, 4) is 11.4 Å². The van der Waals surface area contributed by atoms with Crippen molar-refractivity contribution in [1.82, 2.24) is 20.2 Å². The van der Waals surface area contributed by atoms with Crippen LogP contribution in [0.15, 0.2) is 29.4 Å². The number of hydrogen-bond acceptors (Lipinski definition) is 6. The summed E-state index contributed by atoms with van der Waals surface area (Å²) in [4.78, 5) is 11.3. The lowest BCUT2D eigenvalue weighted by Crippen LogP contribution is -2.17. The molecule has 0 amide bonds. The molecular formula is C13H16N4O3S. The predicted octanol–water partition coefficient (Wildman–Crippen LogP) is 2.10. The Morgan fingerprint density at radius 2 is 2.10 bits per heavy atom. The second kappa shape index (κ2) is 7.07. The van der Waals surface area contributed by atoms with Gasteiger partial charge in [-0.1, -0.05) is 31.5 Å². The molecule has 0 bridgehead atoms. The van der Waals surface area contributed by atoms with Gasteiger partial charge in [-0.3, -0.25) is 4.79 Å². The van der Waals surface area contributed by atoms with E-state index in [4.69, 9.17) is 0 Å². The molecule has 2 N–H and O–H groups in total. The van der Waals surface area contributed by atoms with Gasteiger partial charge in [0.2, 0.25) is 5.16 Å². The zero-order valence-corrected chi connectivity index (χ0v) is 12.3. The summed E-state index contributed by atoms with van der Waals surface area (Å²) in [5.41, 5.74) is 0.667. The summed E-state index contributed by atoms with van der Waals surface area (Å²) >= 11 is 1.13. The van der Waals surface area contributed by atoms with Gasteiger partial charge in [0.05, 0.1) is 5.69 Å². The summed E-state index contributed by atoms with van der Waals surface area (Å²) in [5, 5.41) is 29.8. The maximum atomic E-state index is 11.3. The number of tetrazole rings is 1. The fourth-order valence-corrected chi connectivity index (χ4v) is 2.72. The quantitative estimate of drug-likeness (QED) is 0.755. The highest BCUT2D eigenvalue weighted by molar-refractivity contribution is 8.00. The number of hydrogen-bond donors (Lipinski definition) is 2. The van der Waals surface area contributed by atoms with Crippen LogP contribution in [0.25, 0.3) is 5.69 Å². The molecule has 0 fully saturated rings. The average molecular weight is 308 g/mol. The Balaban J connectivity index is 2.19. The molecule has 0 saturated carbocycles. The molecule has 2 aromatic rings. The largest absolute Gasteiger partial charge is 0.508 e. The standard InChI is InChI=1S/C13H16N4O3S/c1-2-3-4-11(12(19)20)21-13-14-15-16-17(13)9-5-7-10(18)8-6-9/h5-8,11,18H,2-4H2,1H3,(H,19,20). The molecule has 0 aliphatic heterocycles. The lowest BCUT2D eigenvalue weighted by molar-refractivity contribution is -0.136. The first kappa shape index (κ1) is 15.3. The molecule has 0 saturated heterocycles. The van der Waals surface area contributed by atoms with Crippen LogP contribution in [0, 0.1) is 0 Å². The summed E-state index contributed by atoms with van der Waals surface area (Å²) in [5.74, 6) is -0.721. The van der Waals surface area contributed by atoms with Crippen molar-refractivity contribution in [2.24, 2.45) is 0 Å². The minimum absolute atomic E-state index is 0.146. The van der Waals surface area contributed by atoms with Gasteiger partial charge in [-0.15, -0.1) is 5.10 Å². The Morgan fingerprint density at radius 1 is 1.38 bits per heavy atom. The van der Waals surface area contributed by atoms with Crippen molar-refractivity contribution >= 4 is 17.7 Å². The maximum Gasteiger partial charge on any atom is 0.317 e. The van der Waals surface area contributed by atoms with E-state index in [2.05, 4.69) is 15.5 Å². The lowest BCUT2D eigenvalue weighted by atomic mass is 10.2. The van der Waals surface area contributed by atoms with Gasteiger partial charge in [0.1, 0.15) is 11.0 Å². The fraction of sp³-hybridized carbons (Fsp3) is 0.385. The zero-order chi connectivity index (χ0) is 15.2. The molecule has 8 heteroatoms. The number of nitrogens with zero attached hydrogens (tertiary/aromatic N) is 4. The van der Waals surface area contributed by atoms with Gasteiger partial charge in [0, 0.05) is 0 Å². The molecular weight excluding hydrogens is 292 g/mol. The molecule has 0 aliphatic carbocycles. The fourth-order valence-electron chi connectivity index (χ4n) is 1.76. The first-order chi connectivity index (χ1) is 10.1. The minimum atomic E-state index is -0.867. The predicted molar refractivity (Wildman–Crippen MR) is 77.6 cm³/mol. The van der Waals surface area contributed by atoms with Gasteiger partial charge in [0.15, 0.2) is 0 Å². The number of phenols is 1. The number of thioether (sulfide) groups is 1. The number of unbranched alkanes of at least 4 members (excludes halogenated alkanes) is 1. The molecule has 1 atom stereocenters. The topological polar surface area (TPSA) is 101 Å². The van der Waals surface area contributed by atoms with E-state index in [1.807, 2.05) is 6.92 Å². The van der Waals surface area contributed by atoms with E-state index in [0.29, 0.717) is 17.3 Å². The van der Waals surface area contributed by atoms with Crippen LogP contribution in [0.4, 0.5) is 0 Å². The second-order valence-electron chi connectivity index (χ2n) is 4.48. The second-order valence-corrected chi connectivity index (χ2v) is 5.65. The van der Waals surface area contributed by atoms with E-state index in [1.54, 1.807) is 12.1 Å². The Kier molecular flexibility index (Phi) is 5.15. The Morgan fingerprint density at radius 3 is 2.71 bits per heavy atom. The van der Waals surface area contributed by atoms with Crippen LogP contribution in [0.5, 0.6) is 5.75 Å². The molecule has 0 radical (unpaired) electrons. The number of aromatic hydroxyl groups is 1. The van der Waals surface area contributed by atoms with E-state index < -0.39 is 11.2 Å². The van der Waals surface area contributed by atoms with E-state index in [1.165, 1.54) is 16.8 Å². The average Bonchev–Trinajstić information content (AvgIpc) is 2.92. The van der Waals surface area contributed by atoms with Crippen molar-refractivity contribution in [2.75, 3.05) is 0 Å². The molecule has 112 valence electrons. The van der Waals surface area contributed by atoms with E-state index in [9.17, 15) is 15.0 Å². The number of rotatable bonds is 7. The Hall–Kier alpha value is -2.09. The summed E-state index contributed by atoms with van der Waals surface area (Å²) in [7, 11) is 0. The third-order valence-electron chi connectivity index (χ3n) is 2.88. The number of carboxylic acid groups (broad SMARTS) is 1. The summed E-state index contributed by atoms with van der Waals surface area (Å²) < 4.78 is 1.46. The van der Waals surface area contributed by atoms with Gasteiger partial charge >= 0.3 is 5.97 Å².